The second-order valence-electron chi connectivity index (χ2n) is 3.38. The smallest absolute Gasteiger partial charge is 0.364 e. The molecular weight excluding hydrogens is 308 g/mol. The Balaban J connectivity index is 3.01. The van der Waals surface area contributed by atoms with Crippen LogP contribution >= 0.6 is 15.9 Å². The summed E-state index contributed by atoms with van der Waals surface area (Å²) in [5, 5.41) is 12.8. The Morgan fingerprint density at radius 2 is 2.22 bits per heavy atom. The van der Waals surface area contributed by atoms with Crippen molar-refractivity contribution in [3.63, 3.8) is 0 Å². The van der Waals surface area contributed by atoms with Crippen LogP contribution in [-0.2, 0) is 4.79 Å². The second kappa shape index (κ2) is 5.54. The Kier molecular flexibility index (Phi) is 4.32. The normalized spacial score (nSPS) is 11.7. The van der Waals surface area contributed by atoms with E-state index in [-0.39, 0.29) is 10.0 Å². The molecule has 1 aromatic rings. The number of nitrogens with two attached hydrogens (primary N) is 1. The second-order valence-corrected chi connectivity index (χ2v) is 4.23. The number of amides is 2. The zero-order valence-corrected chi connectivity index (χ0v) is 10.8. The lowest BCUT2D eigenvalue weighted by atomic mass is 10.2. The van der Waals surface area contributed by atoms with E-state index in [0.29, 0.717) is 0 Å². The number of halogens is 1. The first-order valence-corrected chi connectivity index (χ1v) is 5.52. The minimum atomic E-state index is -0.878. The number of pyridine rings is 1. The third-order valence-corrected chi connectivity index (χ3v) is 2.68. The topological polar surface area (TPSA) is 128 Å². The van der Waals surface area contributed by atoms with Crippen molar-refractivity contribution < 1.29 is 14.5 Å². The fraction of sp³-hybridized carbons (Fsp3) is 0.222. The zero-order valence-electron chi connectivity index (χ0n) is 9.21. The lowest BCUT2D eigenvalue weighted by Crippen LogP contribution is -2.42. The SMILES string of the molecule is CC(NC(=O)c1cc([N+](=O)[O-])ncc1Br)C(N)=O. The molecule has 0 aliphatic heterocycles. The van der Waals surface area contributed by atoms with Crippen molar-refractivity contribution in [3.8, 4) is 0 Å². The van der Waals surface area contributed by atoms with Gasteiger partial charge in [0.25, 0.3) is 5.91 Å². The van der Waals surface area contributed by atoms with Crippen LogP contribution in [0.5, 0.6) is 0 Å². The van der Waals surface area contributed by atoms with E-state index in [9.17, 15) is 19.7 Å². The Morgan fingerprint density at radius 3 is 2.72 bits per heavy atom. The van der Waals surface area contributed by atoms with Gasteiger partial charge in [-0.15, -0.1) is 0 Å². The minimum Gasteiger partial charge on any atom is -0.368 e. The van der Waals surface area contributed by atoms with Crippen molar-refractivity contribution in [2.45, 2.75) is 13.0 Å². The van der Waals surface area contributed by atoms with Gasteiger partial charge in [-0.25, -0.2) is 0 Å². The zero-order chi connectivity index (χ0) is 13.9. The molecule has 1 aromatic heterocycles. The van der Waals surface area contributed by atoms with Crippen molar-refractivity contribution in [2.75, 3.05) is 0 Å². The fourth-order valence-corrected chi connectivity index (χ4v) is 1.44. The summed E-state index contributed by atoms with van der Waals surface area (Å²) in [6.45, 7) is 1.41. The average molecular weight is 317 g/mol. The van der Waals surface area contributed by atoms with Gasteiger partial charge in [-0.2, -0.15) is 0 Å². The Morgan fingerprint density at radius 1 is 1.61 bits per heavy atom. The molecule has 0 radical (unpaired) electrons. The van der Waals surface area contributed by atoms with Gasteiger partial charge in [0, 0.05) is 6.07 Å². The first kappa shape index (κ1) is 14.0. The molecule has 0 aromatic carbocycles. The fourth-order valence-electron chi connectivity index (χ4n) is 1.05. The highest BCUT2D eigenvalue weighted by Gasteiger charge is 2.20. The van der Waals surface area contributed by atoms with Crippen molar-refractivity contribution >= 4 is 33.6 Å². The van der Waals surface area contributed by atoms with Gasteiger partial charge in [0.05, 0.1) is 10.0 Å². The van der Waals surface area contributed by atoms with Gasteiger partial charge in [0.2, 0.25) is 5.91 Å². The van der Waals surface area contributed by atoms with Gasteiger partial charge in [0.1, 0.15) is 6.04 Å². The third kappa shape index (κ3) is 3.23. The maximum atomic E-state index is 11.8. The summed E-state index contributed by atoms with van der Waals surface area (Å²) in [6.07, 6.45) is 1.14. The number of carbonyl (C=O) groups excluding carboxylic acids is 2. The molecule has 1 atom stereocenters. The summed E-state index contributed by atoms with van der Waals surface area (Å²) in [5.74, 6) is -1.82. The van der Waals surface area contributed by atoms with Gasteiger partial charge in [-0.3, -0.25) is 9.59 Å². The standard InChI is InChI=1S/C9H9BrN4O4/c1-4(8(11)15)13-9(16)5-2-7(14(17)18)12-3-6(5)10/h2-4H,1H3,(H2,11,15)(H,13,16). The van der Waals surface area contributed by atoms with E-state index in [1.807, 2.05) is 0 Å². The number of carbonyl (C=O) groups is 2. The number of aromatic nitrogens is 1. The molecule has 1 rings (SSSR count). The lowest BCUT2D eigenvalue weighted by molar-refractivity contribution is -0.389. The third-order valence-electron chi connectivity index (χ3n) is 2.05. The molecule has 0 bridgehead atoms. The summed E-state index contributed by atoms with van der Waals surface area (Å²) in [4.78, 5) is 35.9. The van der Waals surface area contributed by atoms with Crippen molar-refractivity contribution in [1.82, 2.24) is 10.3 Å². The van der Waals surface area contributed by atoms with Gasteiger partial charge in [-0.1, -0.05) is 0 Å². The number of hydrogen-bond donors (Lipinski definition) is 2. The highest BCUT2D eigenvalue weighted by molar-refractivity contribution is 9.10. The van der Waals surface area contributed by atoms with E-state index in [2.05, 4.69) is 26.2 Å². The Labute approximate surface area is 110 Å². The summed E-state index contributed by atoms with van der Waals surface area (Å²) in [5.41, 5.74) is 5.00. The molecule has 0 saturated carbocycles. The van der Waals surface area contributed by atoms with Gasteiger partial charge < -0.3 is 21.2 Å². The molecule has 1 heterocycles. The van der Waals surface area contributed by atoms with Crippen LogP contribution in [-0.4, -0.2) is 27.8 Å². The molecule has 3 N–H and O–H groups in total. The number of nitrogens with one attached hydrogen (secondary N) is 1. The van der Waals surface area contributed by atoms with Crippen LogP contribution in [0.1, 0.15) is 17.3 Å². The van der Waals surface area contributed by atoms with Crippen molar-refractivity contribution in [3.05, 3.63) is 32.4 Å². The predicted octanol–water partition coefficient (Wildman–Crippen LogP) is 0.356. The summed E-state index contributed by atoms with van der Waals surface area (Å²) in [7, 11) is 0. The van der Waals surface area contributed by atoms with E-state index >= 15 is 0 Å². The van der Waals surface area contributed by atoms with E-state index < -0.39 is 28.6 Å². The van der Waals surface area contributed by atoms with Crippen LogP contribution in [0.4, 0.5) is 5.82 Å². The minimum absolute atomic E-state index is 0.00444. The monoisotopic (exact) mass is 316 g/mol. The summed E-state index contributed by atoms with van der Waals surface area (Å²) in [6, 6.07) is 0.129. The van der Waals surface area contributed by atoms with Crippen molar-refractivity contribution in [1.29, 1.82) is 0 Å². The first-order chi connectivity index (χ1) is 8.32. The van der Waals surface area contributed by atoms with Gasteiger partial charge >= 0.3 is 5.82 Å². The van der Waals surface area contributed by atoms with Crippen LogP contribution in [0.25, 0.3) is 0 Å². The number of hydrogen-bond acceptors (Lipinski definition) is 5. The van der Waals surface area contributed by atoms with Crippen LogP contribution in [0.15, 0.2) is 16.7 Å². The quantitative estimate of drug-likeness (QED) is 0.612. The van der Waals surface area contributed by atoms with E-state index in [1.54, 1.807) is 0 Å². The molecule has 0 aliphatic rings. The molecule has 96 valence electrons. The van der Waals surface area contributed by atoms with E-state index in [0.717, 1.165) is 12.3 Å². The predicted molar refractivity (Wildman–Crippen MR) is 64.7 cm³/mol. The molecule has 0 aliphatic carbocycles. The summed E-state index contributed by atoms with van der Waals surface area (Å²) >= 11 is 3.05. The highest BCUT2D eigenvalue weighted by atomic mass is 79.9. The molecule has 1 unspecified atom stereocenters. The molecule has 0 saturated heterocycles. The van der Waals surface area contributed by atoms with E-state index in [4.69, 9.17) is 5.73 Å². The molecule has 0 fully saturated rings. The molecule has 9 heteroatoms. The van der Waals surface area contributed by atoms with Crippen LogP contribution in [0.2, 0.25) is 0 Å². The molecule has 0 spiro atoms. The van der Waals surface area contributed by atoms with E-state index in [1.165, 1.54) is 6.92 Å². The lowest BCUT2D eigenvalue weighted by Gasteiger charge is -2.10. The Bertz CT molecular complexity index is 519. The van der Waals surface area contributed by atoms with Crippen LogP contribution in [0.3, 0.4) is 0 Å². The number of nitrogens with zero attached hydrogens (tertiary/aromatic N) is 2. The molecular formula is C9H9BrN4O4. The van der Waals surface area contributed by atoms with Gasteiger partial charge in [-0.05, 0) is 32.8 Å². The number of primary amides is 1. The van der Waals surface area contributed by atoms with Gasteiger partial charge in [0.15, 0.2) is 6.20 Å². The highest BCUT2D eigenvalue weighted by Crippen LogP contribution is 2.19. The number of nitro groups is 1. The maximum absolute atomic E-state index is 11.8. The van der Waals surface area contributed by atoms with Crippen molar-refractivity contribution in [2.24, 2.45) is 5.73 Å². The molecule has 8 nitrogen and oxygen atoms in total. The largest absolute Gasteiger partial charge is 0.368 e. The molecule has 2 amide bonds. The number of rotatable bonds is 4. The summed E-state index contributed by atoms with van der Waals surface area (Å²) < 4.78 is 0.280. The average Bonchev–Trinajstić information content (AvgIpc) is 2.28. The van der Waals surface area contributed by atoms with Crippen LogP contribution in [0, 0.1) is 10.1 Å². The van der Waals surface area contributed by atoms with Crippen LogP contribution < -0.4 is 11.1 Å². The Hall–Kier alpha value is -2.03. The maximum Gasteiger partial charge on any atom is 0.364 e. The first-order valence-electron chi connectivity index (χ1n) is 4.73. The molecule has 18 heavy (non-hydrogen) atoms.